The van der Waals surface area contributed by atoms with E-state index in [-0.39, 0.29) is 18.3 Å². The van der Waals surface area contributed by atoms with Crippen LogP contribution in [0.4, 0.5) is 5.69 Å². The number of para-hydroxylation sites is 1. The summed E-state index contributed by atoms with van der Waals surface area (Å²) in [6.45, 7) is 1.06. The first kappa shape index (κ1) is 19.0. The summed E-state index contributed by atoms with van der Waals surface area (Å²) < 4.78 is 5.17. The van der Waals surface area contributed by atoms with Gasteiger partial charge in [0.05, 0.1) is 6.61 Å². The summed E-state index contributed by atoms with van der Waals surface area (Å²) in [4.78, 5) is 12.0. The van der Waals surface area contributed by atoms with Gasteiger partial charge in [-0.25, -0.2) is 0 Å². The Morgan fingerprint density at radius 1 is 1.04 bits per heavy atom. The van der Waals surface area contributed by atoms with E-state index in [1.807, 2.05) is 48.5 Å². The highest BCUT2D eigenvalue weighted by molar-refractivity contribution is 5.85. The third-order valence-corrected chi connectivity index (χ3v) is 3.57. The van der Waals surface area contributed by atoms with Gasteiger partial charge in [0.15, 0.2) is 0 Å². The molecular formula is C18H23ClN2O2. The van der Waals surface area contributed by atoms with Crippen molar-refractivity contribution in [2.24, 2.45) is 0 Å². The van der Waals surface area contributed by atoms with Crippen molar-refractivity contribution in [3.63, 3.8) is 0 Å². The van der Waals surface area contributed by atoms with E-state index in [1.165, 1.54) is 0 Å². The number of carbonyl (C=O) groups excluding carboxylic acids is 1. The molecule has 0 fully saturated rings. The SMILES string of the molecule is COCc1ccccc1CNC(=O)CCc1ccccc1N.Cl. The van der Waals surface area contributed by atoms with E-state index >= 15 is 0 Å². The normalized spacial score (nSPS) is 9.96. The summed E-state index contributed by atoms with van der Waals surface area (Å²) in [5.41, 5.74) is 9.80. The second kappa shape index (κ2) is 9.87. The lowest BCUT2D eigenvalue weighted by molar-refractivity contribution is -0.121. The molecule has 2 aromatic rings. The van der Waals surface area contributed by atoms with Gasteiger partial charge in [0.1, 0.15) is 0 Å². The number of carbonyl (C=O) groups is 1. The molecule has 0 atom stereocenters. The maximum Gasteiger partial charge on any atom is 0.220 e. The molecule has 0 radical (unpaired) electrons. The highest BCUT2D eigenvalue weighted by Crippen LogP contribution is 2.13. The van der Waals surface area contributed by atoms with Crippen molar-refractivity contribution in [1.82, 2.24) is 5.32 Å². The van der Waals surface area contributed by atoms with Gasteiger partial charge in [-0.2, -0.15) is 0 Å². The summed E-state index contributed by atoms with van der Waals surface area (Å²) in [6.07, 6.45) is 1.08. The second-order valence-corrected chi connectivity index (χ2v) is 5.18. The van der Waals surface area contributed by atoms with Gasteiger partial charge in [-0.1, -0.05) is 42.5 Å². The Morgan fingerprint density at radius 2 is 1.65 bits per heavy atom. The number of nitrogen functional groups attached to an aromatic ring is 1. The third-order valence-electron chi connectivity index (χ3n) is 3.57. The number of hydrogen-bond acceptors (Lipinski definition) is 3. The van der Waals surface area contributed by atoms with Crippen LogP contribution in [-0.2, 0) is 29.1 Å². The molecule has 2 aromatic carbocycles. The minimum atomic E-state index is 0. The predicted molar refractivity (Wildman–Crippen MR) is 95.4 cm³/mol. The van der Waals surface area contributed by atoms with Crippen LogP contribution in [0.1, 0.15) is 23.1 Å². The molecule has 0 saturated heterocycles. The summed E-state index contributed by atoms with van der Waals surface area (Å²) >= 11 is 0. The fraction of sp³-hybridized carbons (Fsp3) is 0.278. The molecule has 0 aliphatic rings. The van der Waals surface area contributed by atoms with Gasteiger partial charge in [-0.05, 0) is 29.2 Å². The van der Waals surface area contributed by atoms with Crippen LogP contribution in [0.5, 0.6) is 0 Å². The molecule has 1 amide bonds. The van der Waals surface area contributed by atoms with Crippen molar-refractivity contribution in [2.75, 3.05) is 12.8 Å². The number of nitrogens with one attached hydrogen (secondary N) is 1. The number of aryl methyl sites for hydroxylation is 1. The first-order chi connectivity index (χ1) is 10.7. The number of rotatable bonds is 7. The van der Waals surface area contributed by atoms with Crippen LogP contribution in [0, 0.1) is 0 Å². The van der Waals surface area contributed by atoms with Crippen molar-refractivity contribution in [2.45, 2.75) is 26.0 Å². The van der Waals surface area contributed by atoms with E-state index < -0.39 is 0 Å². The van der Waals surface area contributed by atoms with Crippen LogP contribution >= 0.6 is 12.4 Å². The van der Waals surface area contributed by atoms with Crippen molar-refractivity contribution in [3.05, 3.63) is 65.2 Å². The standard InChI is InChI=1S/C18H22N2O2.ClH/c1-22-13-16-8-3-2-7-15(16)12-20-18(21)11-10-14-6-4-5-9-17(14)19;/h2-9H,10-13,19H2,1H3,(H,20,21);1H. The zero-order chi connectivity index (χ0) is 15.8. The lowest BCUT2D eigenvalue weighted by atomic mass is 10.1. The summed E-state index contributed by atoms with van der Waals surface area (Å²) in [7, 11) is 1.67. The van der Waals surface area contributed by atoms with E-state index in [9.17, 15) is 4.79 Å². The van der Waals surface area contributed by atoms with Crippen LogP contribution in [0.2, 0.25) is 0 Å². The lowest BCUT2D eigenvalue weighted by Crippen LogP contribution is -2.23. The molecule has 0 aliphatic heterocycles. The molecule has 5 heteroatoms. The number of methoxy groups -OCH3 is 1. The Balaban J connectivity index is 0.00000264. The lowest BCUT2D eigenvalue weighted by Gasteiger charge is -2.10. The monoisotopic (exact) mass is 334 g/mol. The van der Waals surface area contributed by atoms with Gasteiger partial charge in [0.2, 0.25) is 5.91 Å². The molecule has 2 rings (SSSR count). The third kappa shape index (κ3) is 5.93. The highest BCUT2D eigenvalue weighted by atomic mass is 35.5. The molecule has 0 aromatic heterocycles. The topological polar surface area (TPSA) is 64.3 Å². The van der Waals surface area contributed by atoms with E-state index in [1.54, 1.807) is 7.11 Å². The van der Waals surface area contributed by atoms with Crippen LogP contribution < -0.4 is 11.1 Å². The fourth-order valence-corrected chi connectivity index (χ4v) is 2.32. The molecule has 0 bridgehead atoms. The average molecular weight is 335 g/mol. The molecule has 124 valence electrons. The first-order valence-corrected chi connectivity index (χ1v) is 7.36. The van der Waals surface area contributed by atoms with E-state index in [0.29, 0.717) is 26.0 Å². The van der Waals surface area contributed by atoms with Crippen molar-refractivity contribution < 1.29 is 9.53 Å². The molecule has 0 unspecified atom stereocenters. The zero-order valence-electron chi connectivity index (χ0n) is 13.2. The fourth-order valence-electron chi connectivity index (χ4n) is 2.32. The molecular weight excluding hydrogens is 312 g/mol. The van der Waals surface area contributed by atoms with Crippen molar-refractivity contribution in [1.29, 1.82) is 0 Å². The van der Waals surface area contributed by atoms with Crippen LogP contribution in [-0.4, -0.2) is 13.0 Å². The summed E-state index contributed by atoms with van der Waals surface area (Å²) in [5, 5.41) is 2.95. The first-order valence-electron chi connectivity index (χ1n) is 7.36. The van der Waals surface area contributed by atoms with E-state index in [4.69, 9.17) is 10.5 Å². The zero-order valence-corrected chi connectivity index (χ0v) is 14.1. The maximum atomic E-state index is 12.0. The number of halogens is 1. The Labute approximate surface area is 143 Å². The number of benzene rings is 2. The molecule has 4 nitrogen and oxygen atoms in total. The molecule has 0 spiro atoms. The van der Waals surface area contributed by atoms with Crippen molar-refractivity contribution >= 4 is 24.0 Å². The Morgan fingerprint density at radius 3 is 2.30 bits per heavy atom. The maximum absolute atomic E-state index is 12.0. The van der Waals surface area contributed by atoms with Crippen molar-refractivity contribution in [3.8, 4) is 0 Å². The smallest absolute Gasteiger partial charge is 0.220 e. The van der Waals surface area contributed by atoms with Crippen LogP contribution in [0.3, 0.4) is 0 Å². The van der Waals surface area contributed by atoms with Gasteiger partial charge in [0.25, 0.3) is 0 Å². The van der Waals surface area contributed by atoms with Gasteiger partial charge in [0, 0.05) is 25.8 Å². The average Bonchev–Trinajstić information content (AvgIpc) is 2.53. The van der Waals surface area contributed by atoms with Gasteiger partial charge in [-0.3, -0.25) is 4.79 Å². The largest absolute Gasteiger partial charge is 0.399 e. The Bertz CT molecular complexity index is 632. The number of nitrogens with two attached hydrogens (primary N) is 1. The number of hydrogen-bond donors (Lipinski definition) is 2. The van der Waals surface area contributed by atoms with E-state index in [2.05, 4.69) is 5.32 Å². The highest BCUT2D eigenvalue weighted by Gasteiger charge is 2.06. The van der Waals surface area contributed by atoms with Gasteiger partial charge < -0.3 is 15.8 Å². The Kier molecular flexibility index (Phi) is 8.16. The summed E-state index contributed by atoms with van der Waals surface area (Å²) in [5.74, 6) is 0.0236. The number of amides is 1. The predicted octanol–water partition coefficient (Wildman–Crippen LogP) is 3.09. The molecule has 0 heterocycles. The van der Waals surface area contributed by atoms with Gasteiger partial charge in [-0.15, -0.1) is 12.4 Å². The quantitative estimate of drug-likeness (QED) is 0.765. The van der Waals surface area contributed by atoms with Crippen LogP contribution in [0.25, 0.3) is 0 Å². The molecule has 0 aliphatic carbocycles. The second-order valence-electron chi connectivity index (χ2n) is 5.18. The minimum absolute atomic E-state index is 0. The van der Waals surface area contributed by atoms with Crippen LogP contribution in [0.15, 0.2) is 48.5 Å². The Hall–Kier alpha value is -2.04. The summed E-state index contributed by atoms with van der Waals surface area (Å²) in [6, 6.07) is 15.6. The number of anilines is 1. The molecule has 23 heavy (non-hydrogen) atoms. The minimum Gasteiger partial charge on any atom is -0.399 e. The molecule has 0 saturated carbocycles. The van der Waals surface area contributed by atoms with E-state index in [0.717, 1.165) is 22.4 Å². The molecule has 3 N–H and O–H groups in total. The van der Waals surface area contributed by atoms with Gasteiger partial charge >= 0.3 is 0 Å². The number of ether oxygens (including phenoxy) is 1.